The fourth-order valence-corrected chi connectivity index (χ4v) is 3.49. The molecule has 0 unspecified atom stereocenters. The zero-order valence-corrected chi connectivity index (χ0v) is 11.3. The average Bonchev–Trinajstić information content (AvgIpc) is 2.96. The lowest BCUT2D eigenvalue weighted by atomic mass is 10.2. The number of hydrogen-bond acceptors (Lipinski definition) is 4. The number of furan rings is 1. The van der Waals surface area contributed by atoms with Gasteiger partial charge >= 0.3 is 0 Å². The molecule has 0 aromatic carbocycles. The van der Waals surface area contributed by atoms with Crippen molar-refractivity contribution in [1.29, 1.82) is 0 Å². The minimum atomic E-state index is 0.775. The largest absolute Gasteiger partial charge is 0.468 e. The van der Waals surface area contributed by atoms with Crippen molar-refractivity contribution in [1.82, 2.24) is 10.3 Å². The summed E-state index contributed by atoms with van der Waals surface area (Å²) in [6, 6.07) is 3.91. The summed E-state index contributed by atoms with van der Waals surface area (Å²) in [6.07, 6.45) is 8.09. The molecule has 96 valence electrons. The summed E-state index contributed by atoms with van der Waals surface area (Å²) in [5, 5.41) is 4.60. The van der Waals surface area contributed by atoms with Crippen LogP contribution in [-0.4, -0.2) is 4.98 Å². The van der Waals surface area contributed by atoms with Crippen molar-refractivity contribution in [2.24, 2.45) is 0 Å². The van der Waals surface area contributed by atoms with Crippen LogP contribution in [0.1, 0.15) is 40.6 Å². The molecule has 0 fully saturated rings. The van der Waals surface area contributed by atoms with Crippen LogP contribution in [0.15, 0.2) is 22.8 Å². The quantitative estimate of drug-likeness (QED) is 0.859. The molecule has 0 aliphatic heterocycles. The normalized spacial score (nSPS) is 15.3. The Kier molecular flexibility index (Phi) is 3.76. The summed E-state index contributed by atoms with van der Waals surface area (Å²) in [5.74, 6) is 0.980. The number of fused-ring (bicyclic) bond motifs is 1. The van der Waals surface area contributed by atoms with Crippen LogP contribution in [0.3, 0.4) is 0 Å². The first-order valence-corrected chi connectivity index (χ1v) is 7.44. The van der Waals surface area contributed by atoms with E-state index in [1.54, 1.807) is 6.26 Å². The third-order valence-corrected chi connectivity index (χ3v) is 4.45. The van der Waals surface area contributed by atoms with Crippen LogP contribution >= 0.6 is 11.3 Å². The molecule has 1 N–H and O–H groups in total. The Morgan fingerprint density at radius 3 is 3.06 bits per heavy atom. The topological polar surface area (TPSA) is 38.1 Å². The van der Waals surface area contributed by atoms with Gasteiger partial charge in [-0.3, -0.25) is 0 Å². The first kappa shape index (κ1) is 11.9. The van der Waals surface area contributed by atoms with E-state index in [2.05, 4.69) is 5.32 Å². The van der Waals surface area contributed by atoms with E-state index >= 15 is 0 Å². The number of aromatic nitrogens is 1. The van der Waals surface area contributed by atoms with Crippen molar-refractivity contribution in [2.45, 2.75) is 45.2 Å². The Morgan fingerprint density at radius 1 is 1.22 bits per heavy atom. The van der Waals surface area contributed by atoms with Crippen LogP contribution in [0.2, 0.25) is 0 Å². The third kappa shape index (κ3) is 2.82. The van der Waals surface area contributed by atoms with Gasteiger partial charge in [0.25, 0.3) is 0 Å². The fraction of sp³-hybridized carbons (Fsp3) is 0.500. The Hall–Kier alpha value is -1.13. The lowest BCUT2D eigenvalue weighted by Crippen LogP contribution is -2.11. The van der Waals surface area contributed by atoms with E-state index in [0.29, 0.717) is 0 Å². The molecule has 0 saturated carbocycles. The zero-order chi connectivity index (χ0) is 12.2. The standard InChI is InChI=1S/C14H18N2OS/c1-2-6-12-13(7-3-1)18-14(16-12)10-15-9-11-5-4-8-17-11/h4-5,8,15H,1-3,6-7,9-10H2. The van der Waals surface area contributed by atoms with Crippen molar-refractivity contribution in [2.75, 3.05) is 0 Å². The molecular formula is C14H18N2OS. The maximum Gasteiger partial charge on any atom is 0.117 e. The predicted octanol–water partition coefficient (Wildman–Crippen LogP) is 3.29. The minimum Gasteiger partial charge on any atom is -0.468 e. The summed E-state index contributed by atoms with van der Waals surface area (Å²) >= 11 is 1.88. The molecule has 2 aromatic rings. The average molecular weight is 262 g/mol. The highest BCUT2D eigenvalue weighted by molar-refractivity contribution is 7.11. The molecule has 4 heteroatoms. The molecule has 1 aliphatic carbocycles. The van der Waals surface area contributed by atoms with E-state index in [0.717, 1.165) is 18.8 Å². The molecule has 3 nitrogen and oxygen atoms in total. The second-order valence-corrected chi connectivity index (χ2v) is 5.89. The maximum atomic E-state index is 5.29. The third-order valence-electron chi connectivity index (χ3n) is 3.30. The van der Waals surface area contributed by atoms with Crippen LogP contribution < -0.4 is 5.32 Å². The second kappa shape index (κ2) is 5.67. The van der Waals surface area contributed by atoms with Gasteiger partial charge in [-0.05, 0) is 37.8 Å². The molecule has 0 amide bonds. The van der Waals surface area contributed by atoms with Gasteiger partial charge in [-0.1, -0.05) is 6.42 Å². The van der Waals surface area contributed by atoms with Crippen LogP contribution in [0.5, 0.6) is 0 Å². The van der Waals surface area contributed by atoms with Crippen molar-refractivity contribution in [3.63, 3.8) is 0 Å². The number of hydrogen-bond donors (Lipinski definition) is 1. The highest BCUT2D eigenvalue weighted by atomic mass is 32.1. The van der Waals surface area contributed by atoms with Crippen LogP contribution in [0.25, 0.3) is 0 Å². The fourth-order valence-electron chi connectivity index (χ4n) is 2.36. The zero-order valence-electron chi connectivity index (χ0n) is 10.4. The van der Waals surface area contributed by atoms with Gasteiger partial charge in [-0.15, -0.1) is 11.3 Å². The number of thiazole rings is 1. The first-order valence-electron chi connectivity index (χ1n) is 6.62. The van der Waals surface area contributed by atoms with Crippen LogP contribution in [0.4, 0.5) is 0 Å². The van der Waals surface area contributed by atoms with Gasteiger partial charge in [-0.2, -0.15) is 0 Å². The van der Waals surface area contributed by atoms with Crippen molar-refractivity contribution >= 4 is 11.3 Å². The summed E-state index contributed by atoms with van der Waals surface area (Å²) in [6.45, 7) is 1.62. The van der Waals surface area contributed by atoms with Gasteiger partial charge in [0.05, 0.1) is 18.5 Å². The van der Waals surface area contributed by atoms with Crippen LogP contribution in [-0.2, 0) is 25.9 Å². The molecular weight excluding hydrogens is 244 g/mol. The van der Waals surface area contributed by atoms with Gasteiger partial charge in [0.2, 0.25) is 0 Å². The molecule has 18 heavy (non-hydrogen) atoms. The molecule has 0 spiro atoms. The smallest absolute Gasteiger partial charge is 0.117 e. The Morgan fingerprint density at radius 2 is 2.17 bits per heavy atom. The minimum absolute atomic E-state index is 0.775. The highest BCUT2D eigenvalue weighted by Gasteiger charge is 2.13. The number of rotatable bonds is 4. The van der Waals surface area contributed by atoms with E-state index in [-0.39, 0.29) is 0 Å². The summed E-state index contributed by atoms with van der Waals surface area (Å²) in [7, 11) is 0. The molecule has 0 saturated heterocycles. The van der Waals surface area contributed by atoms with Crippen molar-refractivity contribution in [3.05, 3.63) is 39.7 Å². The molecule has 0 atom stereocenters. The van der Waals surface area contributed by atoms with Gasteiger partial charge in [0.1, 0.15) is 10.8 Å². The number of nitrogens with one attached hydrogen (secondary N) is 1. The number of nitrogens with zero attached hydrogens (tertiary/aromatic N) is 1. The van der Waals surface area contributed by atoms with E-state index in [9.17, 15) is 0 Å². The summed E-state index contributed by atoms with van der Waals surface area (Å²) in [4.78, 5) is 6.27. The van der Waals surface area contributed by atoms with Gasteiger partial charge in [0.15, 0.2) is 0 Å². The molecule has 2 heterocycles. The van der Waals surface area contributed by atoms with E-state index in [4.69, 9.17) is 9.40 Å². The highest BCUT2D eigenvalue weighted by Crippen LogP contribution is 2.25. The predicted molar refractivity (Wildman–Crippen MR) is 72.6 cm³/mol. The lowest BCUT2D eigenvalue weighted by molar-refractivity contribution is 0.482. The molecule has 3 rings (SSSR count). The maximum absolute atomic E-state index is 5.29. The molecule has 1 aliphatic rings. The van der Waals surface area contributed by atoms with Crippen LogP contribution in [0, 0.1) is 0 Å². The lowest BCUT2D eigenvalue weighted by Gasteiger charge is -1.99. The molecule has 0 bridgehead atoms. The van der Waals surface area contributed by atoms with E-state index in [1.807, 2.05) is 23.5 Å². The Labute approximate surface area is 111 Å². The van der Waals surface area contributed by atoms with E-state index < -0.39 is 0 Å². The SMILES string of the molecule is c1coc(CNCc2nc3c(s2)CCCCC3)c1. The monoisotopic (exact) mass is 262 g/mol. The van der Waals surface area contributed by atoms with Gasteiger partial charge in [0, 0.05) is 11.4 Å². The molecule has 0 radical (unpaired) electrons. The Balaban J connectivity index is 1.56. The van der Waals surface area contributed by atoms with E-state index in [1.165, 1.54) is 47.7 Å². The van der Waals surface area contributed by atoms with Crippen molar-refractivity contribution in [3.8, 4) is 0 Å². The summed E-state index contributed by atoms with van der Waals surface area (Å²) in [5.41, 5.74) is 1.35. The second-order valence-electron chi connectivity index (χ2n) is 4.72. The first-order chi connectivity index (χ1) is 8.92. The summed E-state index contributed by atoms with van der Waals surface area (Å²) < 4.78 is 5.29. The van der Waals surface area contributed by atoms with Crippen molar-refractivity contribution < 1.29 is 4.42 Å². The molecule has 2 aromatic heterocycles. The Bertz CT molecular complexity index is 466. The van der Waals surface area contributed by atoms with Gasteiger partial charge in [-0.25, -0.2) is 4.98 Å². The number of aryl methyl sites for hydroxylation is 2. The van der Waals surface area contributed by atoms with Gasteiger partial charge < -0.3 is 9.73 Å².